The highest BCUT2D eigenvalue weighted by atomic mass is 35.5. The van der Waals surface area contributed by atoms with Gasteiger partial charge in [-0.15, -0.1) is 11.8 Å². The monoisotopic (exact) mass is 277 g/mol. The maximum Gasteiger partial charge on any atom is 0.0541 e. The van der Waals surface area contributed by atoms with Crippen molar-refractivity contribution in [1.82, 2.24) is 0 Å². The molecule has 2 rings (SSSR count). The number of para-hydroxylation sites is 1. The molecule has 0 aliphatic carbocycles. The molecule has 0 radical (unpaired) electrons. The van der Waals surface area contributed by atoms with Gasteiger partial charge in [-0.3, -0.25) is 0 Å². The van der Waals surface area contributed by atoms with Gasteiger partial charge in [-0.1, -0.05) is 41.9 Å². The van der Waals surface area contributed by atoms with E-state index >= 15 is 0 Å². The molecule has 3 heteroatoms. The molecule has 0 saturated heterocycles. The number of hydrogen-bond donors (Lipinski definition) is 1. The van der Waals surface area contributed by atoms with Crippen LogP contribution in [0.1, 0.15) is 6.42 Å². The fraction of sp³-hybridized carbons (Fsp3) is 0.200. The van der Waals surface area contributed by atoms with E-state index in [-0.39, 0.29) is 0 Å². The molecule has 0 heterocycles. The predicted octanol–water partition coefficient (Wildman–Crippen LogP) is 4.93. The summed E-state index contributed by atoms with van der Waals surface area (Å²) < 4.78 is 0. The quantitative estimate of drug-likeness (QED) is 0.593. The Labute approximate surface area is 118 Å². The summed E-state index contributed by atoms with van der Waals surface area (Å²) in [5.41, 5.74) is 1.18. The van der Waals surface area contributed by atoms with E-state index in [1.54, 1.807) is 0 Å². The maximum atomic E-state index is 6.10. The van der Waals surface area contributed by atoms with Gasteiger partial charge in [0, 0.05) is 17.1 Å². The minimum atomic E-state index is 0.846. The van der Waals surface area contributed by atoms with E-state index in [4.69, 9.17) is 11.6 Å². The van der Waals surface area contributed by atoms with Gasteiger partial charge in [0.1, 0.15) is 0 Å². The first-order valence-corrected chi connectivity index (χ1v) is 7.39. The van der Waals surface area contributed by atoms with Crippen LogP contribution < -0.4 is 5.32 Å². The first-order chi connectivity index (χ1) is 8.86. The lowest BCUT2D eigenvalue weighted by Gasteiger charge is -2.06. The van der Waals surface area contributed by atoms with Gasteiger partial charge in [0.2, 0.25) is 0 Å². The summed E-state index contributed by atoms with van der Waals surface area (Å²) in [5.74, 6) is 1.07. The van der Waals surface area contributed by atoms with Gasteiger partial charge in [-0.05, 0) is 36.4 Å². The zero-order valence-electron chi connectivity index (χ0n) is 10.1. The van der Waals surface area contributed by atoms with E-state index in [0.717, 1.165) is 23.7 Å². The minimum absolute atomic E-state index is 0.846. The average molecular weight is 278 g/mol. The Bertz CT molecular complexity index is 473. The highest BCUT2D eigenvalue weighted by Gasteiger charge is 1.98. The fourth-order valence-electron chi connectivity index (χ4n) is 1.60. The maximum absolute atomic E-state index is 6.10. The standard InChI is InChI=1S/C15H16ClNS/c16-14-9-4-5-10-15(14)18-12-6-11-17-13-7-2-1-3-8-13/h1-5,7-10,17H,6,11-12H2. The average Bonchev–Trinajstić information content (AvgIpc) is 2.42. The second kappa shape index (κ2) is 7.34. The largest absolute Gasteiger partial charge is 0.385 e. The lowest BCUT2D eigenvalue weighted by molar-refractivity contribution is 0.991. The first-order valence-electron chi connectivity index (χ1n) is 6.02. The Morgan fingerprint density at radius 3 is 2.44 bits per heavy atom. The van der Waals surface area contributed by atoms with Crippen LogP contribution in [0.3, 0.4) is 0 Å². The highest BCUT2D eigenvalue weighted by molar-refractivity contribution is 7.99. The lowest BCUT2D eigenvalue weighted by Crippen LogP contribution is -2.02. The van der Waals surface area contributed by atoms with E-state index in [0.29, 0.717) is 0 Å². The number of rotatable bonds is 6. The third-order valence-electron chi connectivity index (χ3n) is 2.52. The molecule has 2 aromatic carbocycles. The SMILES string of the molecule is Clc1ccccc1SCCCNc1ccccc1. The number of anilines is 1. The molecule has 0 unspecified atom stereocenters. The van der Waals surface area contributed by atoms with E-state index in [1.165, 1.54) is 10.6 Å². The van der Waals surface area contributed by atoms with E-state index in [2.05, 4.69) is 23.5 Å². The number of hydrogen-bond acceptors (Lipinski definition) is 2. The van der Waals surface area contributed by atoms with Crippen LogP contribution in [0.15, 0.2) is 59.5 Å². The van der Waals surface area contributed by atoms with E-state index < -0.39 is 0 Å². The van der Waals surface area contributed by atoms with Crippen molar-refractivity contribution in [2.24, 2.45) is 0 Å². The predicted molar refractivity (Wildman–Crippen MR) is 81.7 cm³/mol. The van der Waals surface area contributed by atoms with Crippen molar-refractivity contribution in [2.75, 3.05) is 17.6 Å². The lowest BCUT2D eigenvalue weighted by atomic mass is 10.3. The van der Waals surface area contributed by atoms with Crippen LogP contribution in [0.5, 0.6) is 0 Å². The molecule has 2 aromatic rings. The Morgan fingerprint density at radius 1 is 0.944 bits per heavy atom. The molecule has 1 N–H and O–H groups in total. The van der Waals surface area contributed by atoms with Crippen LogP contribution in [0.4, 0.5) is 5.69 Å². The van der Waals surface area contributed by atoms with Crippen LogP contribution in [-0.4, -0.2) is 12.3 Å². The van der Waals surface area contributed by atoms with Crippen molar-refractivity contribution in [2.45, 2.75) is 11.3 Å². The van der Waals surface area contributed by atoms with Crippen LogP contribution >= 0.6 is 23.4 Å². The molecular weight excluding hydrogens is 262 g/mol. The summed E-state index contributed by atoms with van der Waals surface area (Å²) in [7, 11) is 0. The highest BCUT2D eigenvalue weighted by Crippen LogP contribution is 2.26. The van der Waals surface area contributed by atoms with Crippen molar-refractivity contribution in [3.05, 3.63) is 59.6 Å². The van der Waals surface area contributed by atoms with Crippen molar-refractivity contribution in [3.8, 4) is 0 Å². The molecule has 0 atom stereocenters. The number of halogens is 1. The summed E-state index contributed by atoms with van der Waals surface area (Å²) >= 11 is 7.91. The summed E-state index contributed by atoms with van der Waals surface area (Å²) in [6.45, 7) is 0.988. The van der Waals surface area contributed by atoms with Crippen molar-refractivity contribution in [1.29, 1.82) is 0 Å². The molecule has 0 amide bonds. The van der Waals surface area contributed by atoms with E-state index in [9.17, 15) is 0 Å². The summed E-state index contributed by atoms with van der Waals surface area (Å²) in [5, 5.41) is 4.25. The summed E-state index contributed by atoms with van der Waals surface area (Å²) in [4.78, 5) is 1.17. The molecule has 18 heavy (non-hydrogen) atoms. The molecule has 0 fully saturated rings. The Hall–Kier alpha value is -1.12. The topological polar surface area (TPSA) is 12.0 Å². The fourth-order valence-corrected chi connectivity index (χ4v) is 2.79. The van der Waals surface area contributed by atoms with Gasteiger partial charge in [-0.2, -0.15) is 0 Å². The molecule has 0 saturated carbocycles. The van der Waals surface area contributed by atoms with Crippen LogP contribution in [0.2, 0.25) is 5.02 Å². The second-order valence-corrected chi connectivity index (χ2v) is 5.47. The zero-order chi connectivity index (χ0) is 12.6. The van der Waals surface area contributed by atoms with Crippen LogP contribution in [-0.2, 0) is 0 Å². The van der Waals surface area contributed by atoms with Crippen molar-refractivity contribution in [3.63, 3.8) is 0 Å². The van der Waals surface area contributed by atoms with Gasteiger partial charge in [0.25, 0.3) is 0 Å². The molecule has 0 aromatic heterocycles. The van der Waals surface area contributed by atoms with E-state index in [1.807, 2.05) is 48.2 Å². The Morgan fingerprint density at radius 2 is 1.67 bits per heavy atom. The Balaban J connectivity index is 1.66. The third kappa shape index (κ3) is 4.28. The smallest absolute Gasteiger partial charge is 0.0541 e. The molecule has 94 valence electrons. The van der Waals surface area contributed by atoms with Crippen LogP contribution in [0.25, 0.3) is 0 Å². The number of benzene rings is 2. The van der Waals surface area contributed by atoms with Crippen LogP contribution in [0, 0.1) is 0 Å². The first kappa shape index (κ1) is 13.3. The van der Waals surface area contributed by atoms with Crippen molar-refractivity contribution < 1.29 is 0 Å². The molecule has 0 aliphatic rings. The second-order valence-electron chi connectivity index (χ2n) is 3.93. The minimum Gasteiger partial charge on any atom is -0.385 e. The molecule has 0 aliphatic heterocycles. The van der Waals surface area contributed by atoms with Crippen molar-refractivity contribution >= 4 is 29.1 Å². The van der Waals surface area contributed by atoms with Gasteiger partial charge in [0.15, 0.2) is 0 Å². The summed E-state index contributed by atoms with van der Waals surface area (Å²) in [6, 6.07) is 18.3. The Kier molecular flexibility index (Phi) is 5.43. The van der Waals surface area contributed by atoms with Gasteiger partial charge in [-0.25, -0.2) is 0 Å². The molecule has 0 bridgehead atoms. The number of thioether (sulfide) groups is 1. The molecular formula is C15H16ClNS. The summed E-state index contributed by atoms with van der Waals surface area (Å²) in [6.07, 6.45) is 1.12. The normalized spacial score (nSPS) is 10.3. The molecule has 1 nitrogen and oxygen atoms in total. The third-order valence-corrected chi connectivity index (χ3v) is 4.12. The van der Waals surface area contributed by atoms with Gasteiger partial charge >= 0.3 is 0 Å². The zero-order valence-corrected chi connectivity index (χ0v) is 11.7. The van der Waals surface area contributed by atoms with Gasteiger partial charge in [0.05, 0.1) is 5.02 Å². The number of nitrogens with one attached hydrogen (secondary N) is 1. The van der Waals surface area contributed by atoms with Gasteiger partial charge < -0.3 is 5.32 Å². The molecule has 0 spiro atoms.